The van der Waals surface area contributed by atoms with Crippen LogP contribution >= 0.6 is 11.6 Å². The predicted octanol–water partition coefficient (Wildman–Crippen LogP) is 3.69. The number of carbonyl (C=O) groups is 1. The molecule has 3 nitrogen and oxygen atoms in total. The van der Waals surface area contributed by atoms with E-state index in [0.717, 1.165) is 12.0 Å². The first kappa shape index (κ1) is 14.4. The fraction of sp³-hybridized carbons (Fsp3) is 0.533. The summed E-state index contributed by atoms with van der Waals surface area (Å²) in [5.41, 5.74) is -0.579. The van der Waals surface area contributed by atoms with Crippen LogP contribution in [0, 0.1) is 0 Å². The van der Waals surface area contributed by atoms with Crippen molar-refractivity contribution in [2.24, 2.45) is 0 Å². The number of hydrogen-bond acceptors (Lipinski definition) is 3. The van der Waals surface area contributed by atoms with Gasteiger partial charge in [0, 0.05) is 5.02 Å². The normalized spacial score (nSPS) is 29.1. The first-order valence-corrected chi connectivity index (χ1v) is 7.01. The highest BCUT2D eigenvalue weighted by Gasteiger charge is 2.73. The molecule has 2 unspecified atom stereocenters. The van der Waals surface area contributed by atoms with Gasteiger partial charge in [-0.1, -0.05) is 37.1 Å². The summed E-state index contributed by atoms with van der Waals surface area (Å²) in [6, 6.07) is 7.45. The van der Waals surface area contributed by atoms with E-state index in [-0.39, 0.29) is 5.97 Å². The summed E-state index contributed by atoms with van der Waals surface area (Å²) >= 11 is 6.02. The lowest BCUT2D eigenvalue weighted by Gasteiger charge is -2.15. The van der Waals surface area contributed by atoms with Crippen LogP contribution in [0.1, 0.15) is 39.2 Å². The van der Waals surface area contributed by atoms with Crippen LogP contribution in [-0.2, 0) is 19.9 Å². The average Bonchev–Trinajstić information content (AvgIpc) is 2.98. The molecular weight excluding hydrogens is 264 g/mol. The third-order valence-electron chi connectivity index (χ3n) is 3.69. The highest BCUT2D eigenvalue weighted by molar-refractivity contribution is 6.30. The molecule has 0 N–H and O–H groups in total. The van der Waals surface area contributed by atoms with Crippen LogP contribution in [0.3, 0.4) is 0 Å². The van der Waals surface area contributed by atoms with Gasteiger partial charge in [0.1, 0.15) is 5.60 Å². The smallest absolute Gasteiger partial charge is 0.341 e. The second-order valence-corrected chi connectivity index (χ2v) is 5.38. The van der Waals surface area contributed by atoms with Gasteiger partial charge in [-0.2, -0.15) is 0 Å². The van der Waals surface area contributed by atoms with Gasteiger partial charge in [0.15, 0.2) is 5.60 Å². The Hall–Kier alpha value is -1.06. The van der Waals surface area contributed by atoms with E-state index >= 15 is 0 Å². The third-order valence-corrected chi connectivity index (χ3v) is 3.93. The molecule has 1 heterocycles. The standard InChI is InChI=1S/C15H19ClO3/c1-4-9-15(13(17)18-5-2)14(3,19-15)11-7-6-8-12(16)10-11/h6-8,10H,4-5,9H2,1-3H3. The summed E-state index contributed by atoms with van der Waals surface area (Å²) in [6.07, 6.45) is 1.50. The van der Waals surface area contributed by atoms with E-state index in [2.05, 4.69) is 0 Å². The number of ether oxygens (including phenoxy) is 2. The lowest BCUT2D eigenvalue weighted by atomic mass is 9.85. The van der Waals surface area contributed by atoms with Crippen molar-refractivity contribution in [3.05, 3.63) is 34.9 Å². The molecule has 0 aromatic heterocycles. The van der Waals surface area contributed by atoms with Gasteiger partial charge in [-0.3, -0.25) is 0 Å². The van der Waals surface area contributed by atoms with Crippen molar-refractivity contribution >= 4 is 17.6 Å². The van der Waals surface area contributed by atoms with E-state index in [1.165, 1.54) is 0 Å². The van der Waals surface area contributed by atoms with E-state index in [0.29, 0.717) is 18.1 Å². The number of benzene rings is 1. The molecule has 1 saturated heterocycles. The SMILES string of the molecule is CCCC1(C(=O)OCC)OC1(C)c1cccc(Cl)c1. The summed E-state index contributed by atoms with van der Waals surface area (Å²) in [4.78, 5) is 12.2. The van der Waals surface area contributed by atoms with E-state index in [4.69, 9.17) is 21.1 Å². The molecule has 0 saturated carbocycles. The second-order valence-electron chi connectivity index (χ2n) is 4.94. The van der Waals surface area contributed by atoms with Gasteiger partial charge in [-0.05, 0) is 38.0 Å². The van der Waals surface area contributed by atoms with Gasteiger partial charge in [0.05, 0.1) is 6.61 Å². The van der Waals surface area contributed by atoms with Gasteiger partial charge in [0.2, 0.25) is 0 Å². The first-order valence-electron chi connectivity index (χ1n) is 6.63. The van der Waals surface area contributed by atoms with Crippen molar-refractivity contribution in [1.82, 2.24) is 0 Å². The number of epoxide rings is 1. The van der Waals surface area contributed by atoms with Crippen molar-refractivity contribution in [2.75, 3.05) is 6.61 Å². The molecule has 19 heavy (non-hydrogen) atoms. The average molecular weight is 283 g/mol. The molecule has 0 aliphatic carbocycles. The zero-order valence-corrected chi connectivity index (χ0v) is 12.3. The van der Waals surface area contributed by atoms with Gasteiger partial charge < -0.3 is 9.47 Å². The van der Waals surface area contributed by atoms with E-state index in [1.807, 2.05) is 38.1 Å². The molecular formula is C15H19ClO3. The Balaban J connectivity index is 2.32. The minimum atomic E-state index is -0.859. The van der Waals surface area contributed by atoms with Crippen molar-refractivity contribution < 1.29 is 14.3 Å². The van der Waals surface area contributed by atoms with Gasteiger partial charge in [-0.25, -0.2) is 4.79 Å². The summed E-state index contributed by atoms with van der Waals surface area (Å²) in [7, 11) is 0. The highest BCUT2D eigenvalue weighted by Crippen LogP contribution is 2.58. The van der Waals surface area contributed by atoms with Crippen LogP contribution in [0.4, 0.5) is 0 Å². The molecule has 104 valence electrons. The summed E-state index contributed by atoms with van der Waals surface area (Å²) in [6.45, 7) is 6.11. The Morgan fingerprint density at radius 3 is 2.74 bits per heavy atom. The highest BCUT2D eigenvalue weighted by atomic mass is 35.5. The van der Waals surface area contributed by atoms with Crippen molar-refractivity contribution in [1.29, 1.82) is 0 Å². The zero-order chi connectivity index (χ0) is 14.1. The number of rotatable bonds is 5. The maximum absolute atomic E-state index is 12.2. The Morgan fingerprint density at radius 2 is 2.16 bits per heavy atom. The lowest BCUT2D eigenvalue weighted by molar-refractivity contribution is -0.149. The molecule has 1 fully saturated rings. The maximum Gasteiger partial charge on any atom is 0.341 e. The van der Waals surface area contributed by atoms with Gasteiger partial charge >= 0.3 is 5.97 Å². The predicted molar refractivity (Wildman–Crippen MR) is 74.2 cm³/mol. The number of halogens is 1. The lowest BCUT2D eigenvalue weighted by Crippen LogP contribution is -2.33. The summed E-state index contributed by atoms with van der Waals surface area (Å²) < 4.78 is 11.0. The Kier molecular flexibility index (Phi) is 3.88. The number of carbonyl (C=O) groups excluding carboxylic acids is 1. The maximum atomic E-state index is 12.2. The topological polar surface area (TPSA) is 38.8 Å². The summed E-state index contributed by atoms with van der Waals surface area (Å²) in [5.74, 6) is -0.278. The Bertz CT molecular complexity index is 488. The van der Waals surface area contributed by atoms with Crippen LogP contribution in [0.5, 0.6) is 0 Å². The molecule has 0 radical (unpaired) electrons. The minimum absolute atomic E-state index is 0.278. The molecule has 1 aliphatic heterocycles. The van der Waals surface area contributed by atoms with Gasteiger partial charge in [0.25, 0.3) is 0 Å². The van der Waals surface area contributed by atoms with Crippen molar-refractivity contribution in [3.63, 3.8) is 0 Å². The molecule has 0 amide bonds. The zero-order valence-electron chi connectivity index (χ0n) is 11.5. The third kappa shape index (κ3) is 2.26. The van der Waals surface area contributed by atoms with Crippen LogP contribution < -0.4 is 0 Å². The van der Waals surface area contributed by atoms with Crippen LogP contribution in [-0.4, -0.2) is 18.2 Å². The van der Waals surface area contributed by atoms with Crippen LogP contribution in [0.25, 0.3) is 0 Å². The van der Waals surface area contributed by atoms with E-state index in [1.54, 1.807) is 6.92 Å². The molecule has 2 atom stereocenters. The molecule has 1 aromatic carbocycles. The van der Waals surface area contributed by atoms with E-state index in [9.17, 15) is 4.79 Å². The molecule has 0 spiro atoms. The quantitative estimate of drug-likeness (QED) is 0.611. The van der Waals surface area contributed by atoms with Crippen molar-refractivity contribution in [2.45, 2.75) is 44.8 Å². The fourth-order valence-electron chi connectivity index (χ4n) is 2.63. The van der Waals surface area contributed by atoms with Crippen LogP contribution in [0.15, 0.2) is 24.3 Å². The second kappa shape index (κ2) is 5.14. The largest absolute Gasteiger partial charge is 0.464 e. The Morgan fingerprint density at radius 1 is 1.42 bits per heavy atom. The Labute approximate surface area is 118 Å². The molecule has 2 rings (SSSR count). The summed E-state index contributed by atoms with van der Waals surface area (Å²) in [5, 5.41) is 0.642. The monoisotopic (exact) mass is 282 g/mol. The number of hydrogen-bond donors (Lipinski definition) is 0. The van der Waals surface area contributed by atoms with Crippen LogP contribution in [0.2, 0.25) is 5.02 Å². The minimum Gasteiger partial charge on any atom is -0.464 e. The molecule has 4 heteroatoms. The molecule has 0 bridgehead atoms. The first-order chi connectivity index (χ1) is 9.00. The molecule has 1 aliphatic rings. The number of esters is 1. The van der Waals surface area contributed by atoms with Gasteiger partial charge in [-0.15, -0.1) is 0 Å². The van der Waals surface area contributed by atoms with E-state index < -0.39 is 11.2 Å². The molecule has 1 aromatic rings. The van der Waals surface area contributed by atoms with Crippen molar-refractivity contribution in [3.8, 4) is 0 Å². The fourth-order valence-corrected chi connectivity index (χ4v) is 2.82.